The van der Waals surface area contributed by atoms with Crippen LogP contribution in [-0.4, -0.2) is 32.2 Å². The van der Waals surface area contributed by atoms with Crippen molar-refractivity contribution < 1.29 is 9.53 Å². The highest BCUT2D eigenvalue weighted by Gasteiger charge is 2.14. The van der Waals surface area contributed by atoms with Crippen LogP contribution in [-0.2, 0) is 9.53 Å². The summed E-state index contributed by atoms with van der Waals surface area (Å²) < 4.78 is 5.38. The van der Waals surface area contributed by atoms with E-state index in [-0.39, 0.29) is 0 Å². The van der Waals surface area contributed by atoms with E-state index in [1.807, 2.05) is 6.07 Å². The molecule has 1 amide bonds. The number of nitrogens with two attached hydrogens (primary N) is 1. The first-order valence-electron chi connectivity index (χ1n) is 6.50. The summed E-state index contributed by atoms with van der Waals surface area (Å²) in [6.45, 7) is 7.60. The molecule has 1 aromatic rings. The zero-order chi connectivity index (χ0) is 13.8. The summed E-state index contributed by atoms with van der Waals surface area (Å²) in [5.41, 5.74) is 9.84. The molecule has 1 fully saturated rings. The van der Waals surface area contributed by atoms with Crippen molar-refractivity contribution in [3.8, 4) is 0 Å². The molecule has 2 N–H and O–H groups in total. The third kappa shape index (κ3) is 3.15. The topological polar surface area (TPSA) is 55.6 Å². The largest absolute Gasteiger partial charge is 0.378 e. The molecule has 1 heterocycles. The van der Waals surface area contributed by atoms with Gasteiger partial charge in [0.05, 0.1) is 13.2 Å². The summed E-state index contributed by atoms with van der Waals surface area (Å²) in [7, 11) is 0. The Balaban J connectivity index is 2.28. The number of benzene rings is 1. The highest BCUT2D eigenvalue weighted by atomic mass is 16.5. The summed E-state index contributed by atoms with van der Waals surface area (Å²) in [6, 6.07) is 4.14. The summed E-state index contributed by atoms with van der Waals surface area (Å²) >= 11 is 0. The van der Waals surface area contributed by atoms with Gasteiger partial charge in [0.2, 0.25) is 5.91 Å². The fourth-order valence-corrected chi connectivity index (χ4v) is 2.33. The van der Waals surface area contributed by atoms with Gasteiger partial charge >= 0.3 is 0 Å². The van der Waals surface area contributed by atoms with Crippen molar-refractivity contribution in [1.29, 1.82) is 0 Å². The average molecular weight is 260 g/mol. The second-order valence-electron chi connectivity index (χ2n) is 4.76. The van der Waals surface area contributed by atoms with E-state index in [9.17, 15) is 4.79 Å². The highest BCUT2D eigenvalue weighted by molar-refractivity contribution is 5.90. The van der Waals surface area contributed by atoms with Crippen LogP contribution >= 0.6 is 0 Å². The van der Waals surface area contributed by atoms with Crippen molar-refractivity contribution in [3.63, 3.8) is 0 Å². The molecule has 0 bridgehead atoms. The number of ether oxygens (including phenoxy) is 1. The Kier molecular flexibility index (Phi) is 4.22. The number of carbonyl (C=O) groups is 1. The van der Waals surface area contributed by atoms with E-state index in [4.69, 9.17) is 10.5 Å². The van der Waals surface area contributed by atoms with Crippen LogP contribution in [0.15, 0.2) is 18.2 Å². The number of hydrogen-bond acceptors (Lipinski definition) is 3. The lowest BCUT2D eigenvalue weighted by atomic mass is 10.00. The fourth-order valence-electron chi connectivity index (χ4n) is 2.33. The van der Waals surface area contributed by atoms with E-state index in [0.29, 0.717) is 0 Å². The van der Waals surface area contributed by atoms with Crippen molar-refractivity contribution in [2.75, 3.05) is 31.2 Å². The Morgan fingerprint density at radius 2 is 1.95 bits per heavy atom. The van der Waals surface area contributed by atoms with Crippen LogP contribution in [0.3, 0.4) is 0 Å². The van der Waals surface area contributed by atoms with Crippen molar-refractivity contribution in [3.05, 3.63) is 34.9 Å². The lowest BCUT2D eigenvalue weighted by Crippen LogP contribution is -2.36. The molecule has 2 rings (SSSR count). The van der Waals surface area contributed by atoms with Crippen LogP contribution < -0.4 is 10.6 Å². The predicted molar refractivity (Wildman–Crippen MR) is 77.2 cm³/mol. The van der Waals surface area contributed by atoms with Crippen LogP contribution in [0.4, 0.5) is 5.69 Å². The van der Waals surface area contributed by atoms with Gasteiger partial charge in [-0.05, 0) is 42.7 Å². The molecule has 1 aromatic carbocycles. The monoisotopic (exact) mass is 260 g/mol. The zero-order valence-corrected chi connectivity index (χ0v) is 11.5. The molecule has 0 aliphatic carbocycles. The van der Waals surface area contributed by atoms with Gasteiger partial charge in [-0.25, -0.2) is 0 Å². The van der Waals surface area contributed by atoms with Gasteiger partial charge in [0, 0.05) is 24.9 Å². The van der Waals surface area contributed by atoms with Crippen molar-refractivity contribution in [2.24, 2.45) is 5.73 Å². The minimum absolute atomic E-state index is 0.422. The Hall–Kier alpha value is -1.81. The Morgan fingerprint density at radius 3 is 2.58 bits per heavy atom. The van der Waals surface area contributed by atoms with Crippen LogP contribution in [0.25, 0.3) is 6.08 Å². The fraction of sp³-hybridized carbons (Fsp3) is 0.400. The molecule has 0 aromatic heterocycles. The van der Waals surface area contributed by atoms with Crippen LogP contribution in [0.2, 0.25) is 0 Å². The van der Waals surface area contributed by atoms with Gasteiger partial charge in [0.1, 0.15) is 0 Å². The standard InChI is InChI=1S/C15H20N2O2/c1-11-12(2)14(17-7-9-19-10-8-17)5-3-13(11)4-6-15(16)18/h3-6H,7-10H2,1-2H3,(H2,16,18)/b6-4-. The maximum absolute atomic E-state index is 10.8. The van der Waals surface area contributed by atoms with E-state index in [0.717, 1.165) is 31.9 Å². The number of rotatable bonds is 3. The first-order chi connectivity index (χ1) is 9.09. The smallest absolute Gasteiger partial charge is 0.241 e. The second kappa shape index (κ2) is 5.89. The third-order valence-corrected chi connectivity index (χ3v) is 3.58. The van der Waals surface area contributed by atoms with E-state index in [1.165, 1.54) is 22.9 Å². The van der Waals surface area contributed by atoms with E-state index < -0.39 is 5.91 Å². The molecule has 1 aliphatic heterocycles. The molecule has 1 saturated heterocycles. The molecule has 19 heavy (non-hydrogen) atoms. The second-order valence-corrected chi connectivity index (χ2v) is 4.76. The van der Waals surface area contributed by atoms with Gasteiger partial charge < -0.3 is 15.4 Å². The van der Waals surface area contributed by atoms with Gasteiger partial charge in [-0.15, -0.1) is 0 Å². The number of carbonyl (C=O) groups excluding carboxylic acids is 1. The van der Waals surface area contributed by atoms with Gasteiger partial charge in [0.15, 0.2) is 0 Å². The Labute approximate surface area is 113 Å². The summed E-state index contributed by atoms with van der Waals surface area (Å²) in [6.07, 6.45) is 3.17. The Morgan fingerprint density at radius 1 is 1.26 bits per heavy atom. The minimum Gasteiger partial charge on any atom is -0.378 e. The summed E-state index contributed by atoms with van der Waals surface area (Å²) in [5, 5.41) is 0. The maximum atomic E-state index is 10.8. The summed E-state index contributed by atoms with van der Waals surface area (Å²) in [5.74, 6) is -0.422. The number of morpholine rings is 1. The number of amides is 1. The van der Waals surface area contributed by atoms with Gasteiger partial charge in [-0.1, -0.05) is 6.07 Å². The zero-order valence-electron chi connectivity index (χ0n) is 11.5. The highest BCUT2D eigenvalue weighted by Crippen LogP contribution is 2.27. The van der Waals surface area contributed by atoms with Gasteiger partial charge in [-0.3, -0.25) is 4.79 Å². The molecule has 0 saturated carbocycles. The van der Waals surface area contributed by atoms with Crippen molar-refractivity contribution in [1.82, 2.24) is 0 Å². The normalized spacial score (nSPS) is 16.0. The molecular formula is C15H20N2O2. The minimum atomic E-state index is -0.422. The average Bonchev–Trinajstić information content (AvgIpc) is 2.41. The molecule has 0 unspecified atom stereocenters. The molecule has 0 atom stereocenters. The lowest BCUT2D eigenvalue weighted by Gasteiger charge is -2.31. The maximum Gasteiger partial charge on any atom is 0.241 e. The van der Waals surface area contributed by atoms with Gasteiger partial charge in [0.25, 0.3) is 0 Å². The molecule has 4 nitrogen and oxygen atoms in total. The quantitative estimate of drug-likeness (QED) is 0.841. The number of anilines is 1. The van der Waals surface area contributed by atoms with Crippen molar-refractivity contribution >= 4 is 17.7 Å². The number of primary amides is 1. The molecule has 4 heteroatoms. The number of hydrogen-bond donors (Lipinski definition) is 1. The molecule has 102 valence electrons. The summed E-state index contributed by atoms with van der Waals surface area (Å²) in [4.78, 5) is 13.1. The van der Waals surface area contributed by atoms with E-state index >= 15 is 0 Å². The SMILES string of the molecule is Cc1c(/C=C\C(N)=O)ccc(N2CCOCC2)c1C. The first kappa shape index (κ1) is 13.6. The predicted octanol–water partition coefficient (Wildman–Crippen LogP) is 1.64. The van der Waals surface area contributed by atoms with Crippen LogP contribution in [0, 0.1) is 13.8 Å². The van der Waals surface area contributed by atoms with Gasteiger partial charge in [-0.2, -0.15) is 0 Å². The third-order valence-electron chi connectivity index (χ3n) is 3.58. The van der Waals surface area contributed by atoms with E-state index in [2.05, 4.69) is 24.8 Å². The first-order valence-corrected chi connectivity index (χ1v) is 6.50. The van der Waals surface area contributed by atoms with E-state index in [1.54, 1.807) is 6.08 Å². The molecule has 0 radical (unpaired) electrons. The van der Waals surface area contributed by atoms with Crippen LogP contribution in [0.1, 0.15) is 16.7 Å². The Bertz CT molecular complexity index is 503. The van der Waals surface area contributed by atoms with Crippen molar-refractivity contribution in [2.45, 2.75) is 13.8 Å². The molecule has 0 spiro atoms. The molecule has 1 aliphatic rings. The number of nitrogens with zero attached hydrogens (tertiary/aromatic N) is 1. The lowest BCUT2D eigenvalue weighted by molar-refractivity contribution is -0.113. The molecular weight excluding hydrogens is 240 g/mol. The van der Waals surface area contributed by atoms with Crippen LogP contribution in [0.5, 0.6) is 0 Å².